The molecule has 1 saturated carbocycles. The minimum absolute atomic E-state index is 0.101. The molecular formula is C18H29N5O3. The first kappa shape index (κ1) is 18.7. The van der Waals surface area contributed by atoms with Crippen molar-refractivity contribution in [3.8, 4) is 0 Å². The van der Waals surface area contributed by atoms with Crippen molar-refractivity contribution in [2.24, 2.45) is 0 Å². The highest BCUT2D eigenvalue weighted by atomic mass is 16.5. The van der Waals surface area contributed by atoms with E-state index in [0.29, 0.717) is 12.6 Å². The summed E-state index contributed by atoms with van der Waals surface area (Å²) in [7, 11) is 1.27. The maximum atomic E-state index is 11.8. The lowest BCUT2D eigenvalue weighted by atomic mass is 9.94. The number of rotatable bonds is 5. The van der Waals surface area contributed by atoms with Crippen molar-refractivity contribution in [1.82, 2.24) is 25.3 Å². The highest BCUT2D eigenvalue weighted by molar-refractivity contribution is 5.81. The summed E-state index contributed by atoms with van der Waals surface area (Å²) in [5.74, 6) is -0.262. The van der Waals surface area contributed by atoms with Gasteiger partial charge in [-0.2, -0.15) is 5.10 Å². The zero-order valence-corrected chi connectivity index (χ0v) is 15.5. The van der Waals surface area contributed by atoms with Gasteiger partial charge >= 0.3 is 6.09 Å². The number of alkyl carbamates (subject to hydrolysis) is 1. The van der Waals surface area contributed by atoms with Crippen LogP contribution in [0.2, 0.25) is 0 Å². The first-order chi connectivity index (χ1) is 12.7. The van der Waals surface area contributed by atoms with Crippen molar-refractivity contribution in [2.75, 3.05) is 20.2 Å². The fourth-order valence-electron chi connectivity index (χ4n) is 3.87. The highest BCUT2D eigenvalue weighted by Crippen LogP contribution is 2.25. The van der Waals surface area contributed by atoms with Gasteiger partial charge in [-0.15, -0.1) is 0 Å². The van der Waals surface area contributed by atoms with E-state index in [1.807, 2.05) is 0 Å². The number of aromatic nitrogens is 2. The Bertz CT molecular complexity index is 624. The molecule has 1 aromatic rings. The summed E-state index contributed by atoms with van der Waals surface area (Å²) in [6.45, 7) is 3.27. The number of amides is 2. The van der Waals surface area contributed by atoms with Crippen LogP contribution in [0.3, 0.4) is 0 Å². The normalized spacial score (nSPS) is 18.7. The summed E-state index contributed by atoms with van der Waals surface area (Å²) in [5, 5.41) is 9.78. The van der Waals surface area contributed by atoms with Gasteiger partial charge in [0.05, 0.1) is 25.0 Å². The second-order valence-corrected chi connectivity index (χ2v) is 7.09. The molecule has 26 heavy (non-hydrogen) atoms. The number of nitrogens with zero attached hydrogens (tertiary/aromatic N) is 3. The van der Waals surface area contributed by atoms with Crippen LogP contribution in [0.1, 0.15) is 49.9 Å². The second kappa shape index (κ2) is 9.02. The topological polar surface area (TPSA) is 88.5 Å². The summed E-state index contributed by atoms with van der Waals surface area (Å²) in [6.07, 6.45) is 7.18. The molecule has 0 spiro atoms. The molecule has 1 aliphatic heterocycles. The van der Waals surface area contributed by atoms with Crippen molar-refractivity contribution in [1.29, 1.82) is 0 Å². The molecule has 2 heterocycles. The van der Waals surface area contributed by atoms with Crippen LogP contribution in [0.5, 0.6) is 0 Å². The summed E-state index contributed by atoms with van der Waals surface area (Å²) >= 11 is 0. The molecule has 2 amide bonds. The van der Waals surface area contributed by atoms with E-state index in [2.05, 4.69) is 36.1 Å². The average Bonchev–Trinajstić information content (AvgIpc) is 2.95. The number of methoxy groups -OCH3 is 1. The summed E-state index contributed by atoms with van der Waals surface area (Å²) < 4.78 is 6.52. The third-order valence-corrected chi connectivity index (χ3v) is 5.23. The molecule has 0 unspecified atom stereocenters. The lowest BCUT2D eigenvalue weighted by molar-refractivity contribution is -0.120. The van der Waals surface area contributed by atoms with E-state index < -0.39 is 6.09 Å². The molecule has 2 aliphatic rings. The Morgan fingerprint density at radius 3 is 2.77 bits per heavy atom. The van der Waals surface area contributed by atoms with Gasteiger partial charge in [0.2, 0.25) is 5.91 Å². The third kappa shape index (κ3) is 4.97. The van der Waals surface area contributed by atoms with Gasteiger partial charge < -0.3 is 15.4 Å². The number of fused-ring (bicyclic) bond motifs is 1. The molecule has 8 nitrogen and oxygen atoms in total. The number of aryl methyl sites for hydroxylation is 1. The molecule has 0 atom stereocenters. The quantitative estimate of drug-likeness (QED) is 0.825. The smallest absolute Gasteiger partial charge is 0.407 e. The van der Waals surface area contributed by atoms with E-state index in [-0.39, 0.29) is 12.5 Å². The van der Waals surface area contributed by atoms with Gasteiger partial charge in [-0.05, 0) is 25.3 Å². The van der Waals surface area contributed by atoms with Crippen molar-refractivity contribution in [3.05, 3.63) is 17.5 Å². The maximum absolute atomic E-state index is 11.8. The van der Waals surface area contributed by atoms with Gasteiger partial charge in [0.25, 0.3) is 0 Å². The van der Waals surface area contributed by atoms with Crippen LogP contribution in [0.15, 0.2) is 6.07 Å². The van der Waals surface area contributed by atoms with Gasteiger partial charge in [-0.1, -0.05) is 19.3 Å². The number of carbonyl (C=O) groups is 2. The van der Waals surface area contributed by atoms with E-state index in [1.165, 1.54) is 44.9 Å². The Kier molecular flexibility index (Phi) is 6.49. The molecule has 8 heteroatoms. The van der Waals surface area contributed by atoms with Crippen LogP contribution < -0.4 is 10.6 Å². The molecule has 3 rings (SSSR count). The van der Waals surface area contributed by atoms with E-state index in [0.717, 1.165) is 31.7 Å². The number of nitrogens with one attached hydrogen (secondary N) is 2. The molecule has 0 bridgehead atoms. The highest BCUT2D eigenvalue weighted by Gasteiger charge is 2.24. The molecular weight excluding hydrogens is 334 g/mol. The fraction of sp³-hybridized carbons (Fsp3) is 0.722. The minimum Gasteiger partial charge on any atom is -0.453 e. The molecule has 1 aromatic heterocycles. The Hall–Kier alpha value is -2.09. The van der Waals surface area contributed by atoms with Crippen LogP contribution in [0.4, 0.5) is 4.79 Å². The number of hydrogen-bond donors (Lipinski definition) is 2. The van der Waals surface area contributed by atoms with Crippen LogP contribution in [0.25, 0.3) is 0 Å². The number of hydrogen-bond acceptors (Lipinski definition) is 5. The molecule has 0 radical (unpaired) electrons. The second-order valence-electron chi connectivity index (χ2n) is 7.09. The first-order valence-electron chi connectivity index (χ1n) is 9.54. The molecule has 1 fully saturated rings. The fourth-order valence-corrected chi connectivity index (χ4v) is 3.87. The van der Waals surface area contributed by atoms with Crippen molar-refractivity contribution in [3.63, 3.8) is 0 Å². The number of carbonyl (C=O) groups excluding carboxylic acids is 2. The lowest BCUT2D eigenvalue weighted by Crippen LogP contribution is -2.36. The maximum Gasteiger partial charge on any atom is 0.407 e. The molecule has 0 aromatic carbocycles. The predicted molar refractivity (Wildman–Crippen MR) is 96.4 cm³/mol. The average molecular weight is 363 g/mol. The van der Waals surface area contributed by atoms with Gasteiger partial charge in [0.15, 0.2) is 0 Å². The van der Waals surface area contributed by atoms with Crippen molar-refractivity contribution in [2.45, 2.75) is 64.2 Å². The van der Waals surface area contributed by atoms with E-state index in [1.54, 1.807) is 0 Å². The largest absolute Gasteiger partial charge is 0.453 e. The van der Waals surface area contributed by atoms with Gasteiger partial charge in [0.1, 0.15) is 6.54 Å². The SMILES string of the molecule is COC(=O)NCC(=O)NCc1cc2n(n1)CCCN(C1CCCCC1)C2. The zero-order valence-electron chi connectivity index (χ0n) is 15.5. The monoisotopic (exact) mass is 363 g/mol. The Morgan fingerprint density at radius 2 is 2.00 bits per heavy atom. The summed E-state index contributed by atoms with van der Waals surface area (Å²) in [4.78, 5) is 25.4. The van der Waals surface area contributed by atoms with Crippen molar-refractivity contribution >= 4 is 12.0 Å². The van der Waals surface area contributed by atoms with E-state index >= 15 is 0 Å². The van der Waals surface area contributed by atoms with Gasteiger partial charge in [0, 0.05) is 25.7 Å². The summed E-state index contributed by atoms with van der Waals surface area (Å²) in [6, 6.07) is 2.80. The Balaban J connectivity index is 1.52. The first-order valence-corrected chi connectivity index (χ1v) is 9.54. The minimum atomic E-state index is -0.614. The summed E-state index contributed by atoms with van der Waals surface area (Å²) in [5.41, 5.74) is 2.09. The zero-order chi connectivity index (χ0) is 18.4. The molecule has 144 valence electrons. The Morgan fingerprint density at radius 1 is 1.19 bits per heavy atom. The molecule has 2 N–H and O–H groups in total. The van der Waals surface area contributed by atoms with E-state index in [4.69, 9.17) is 0 Å². The standard InChI is InChI=1S/C18H29N5O3/c1-26-18(25)20-12-17(24)19-11-14-10-16-13-22(8-5-9-23(16)21-14)15-6-3-2-4-7-15/h10,15H,2-9,11-13H2,1H3,(H,19,24)(H,20,25). The lowest BCUT2D eigenvalue weighted by Gasteiger charge is -2.33. The predicted octanol–water partition coefficient (Wildman–Crippen LogP) is 1.39. The molecule has 1 aliphatic carbocycles. The number of ether oxygens (including phenoxy) is 1. The van der Waals surface area contributed by atoms with Crippen LogP contribution in [-0.4, -0.2) is 52.9 Å². The van der Waals surface area contributed by atoms with Crippen LogP contribution in [-0.2, 0) is 29.2 Å². The molecule has 0 saturated heterocycles. The van der Waals surface area contributed by atoms with Crippen molar-refractivity contribution < 1.29 is 14.3 Å². The van der Waals surface area contributed by atoms with Crippen LogP contribution in [0, 0.1) is 0 Å². The Labute approximate surface area is 154 Å². The third-order valence-electron chi connectivity index (χ3n) is 5.23. The van der Waals surface area contributed by atoms with Gasteiger partial charge in [-0.25, -0.2) is 4.79 Å². The van der Waals surface area contributed by atoms with E-state index in [9.17, 15) is 9.59 Å². The van der Waals surface area contributed by atoms with Crippen LogP contribution >= 0.6 is 0 Å². The van der Waals surface area contributed by atoms with Gasteiger partial charge in [-0.3, -0.25) is 14.4 Å².